The summed E-state index contributed by atoms with van der Waals surface area (Å²) in [7, 11) is -2.48. The van der Waals surface area contributed by atoms with E-state index in [1.54, 1.807) is 31.2 Å². The Morgan fingerprint density at radius 3 is 2.50 bits per heavy atom. The number of carbonyl (C=O) groups is 2. The summed E-state index contributed by atoms with van der Waals surface area (Å²) in [4.78, 5) is 26.6. The average Bonchev–Trinajstić information content (AvgIpc) is 2.90. The van der Waals surface area contributed by atoms with Gasteiger partial charge in [0, 0.05) is 6.54 Å². The lowest BCUT2D eigenvalue weighted by molar-refractivity contribution is -0.148. The van der Waals surface area contributed by atoms with Crippen molar-refractivity contribution in [3.05, 3.63) is 83.9 Å². The van der Waals surface area contributed by atoms with Crippen LogP contribution in [0.1, 0.15) is 11.1 Å². The fourth-order valence-corrected chi connectivity index (χ4v) is 4.85. The molecule has 0 bridgehead atoms. The number of para-hydroxylation sites is 2. The van der Waals surface area contributed by atoms with E-state index in [4.69, 9.17) is 14.2 Å². The minimum atomic E-state index is -3.73. The molecule has 1 atom stereocenters. The van der Waals surface area contributed by atoms with Crippen LogP contribution < -0.4 is 19.1 Å². The van der Waals surface area contributed by atoms with Crippen LogP contribution in [0.25, 0.3) is 0 Å². The maximum atomic E-state index is 13.0. The number of fused-ring (bicyclic) bond motifs is 1. The van der Waals surface area contributed by atoms with E-state index in [-0.39, 0.29) is 30.5 Å². The fourth-order valence-electron chi connectivity index (χ4n) is 3.75. The summed E-state index contributed by atoms with van der Waals surface area (Å²) in [5, 5.41) is 0. The molecule has 3 aromatic rings. The van der Waals surface area contributed by atoms with Crippen LogP contribution in [0.15, 0.2) is 77.7 Å². The van der Waals surface area contributed by atoms with Crippen molar-refractivity contribution in [3.63, 3.8) is 0 Å². The van der Waals surface area contributed by atoms with Crippen molar-refractivity contribution in [3.8, 4) is 11.5 Å². The number of amides is 1. The number of esters is 1. The number of anilines is 1. The molecule has 0 aliphatic carbocycles. The SMILES string of the molecule is COC(=O)[C@@H]1CN(C(=O)COc2ccc(S(=O)(=O)NCc3ccccc3)cc2C)c2ccccc2O1. The molecule has 1 aliphatic heterocycles. The minimum Gasteiger partial charge on any atom is -0.483 e. The molecule has 1 amide bonds. The van der Waals surface area contributed by atoms with Crippen LogP contribution in [0.5, 0.6) is 11.5 Å². The monoisotopic (exact) mass is 510 g/mol. The Labute approximate surface area is 209 Å². The van der Waals surface area contributed by atoms with Crippen LogP contribution in [0, 0.1) is 6.92 Å². The van der Waals surface area contributed by atoms with Crippen LogP contribution in [-0.2, 0) is 30.9 Å². The lowest BCUT2D eigenvalue weighted by atomic mass is 10.2. The number of hydrogen-bond acceptors (Lipinski definition) is 7. The van der Waals surface area contributed by atoms with E-state index >= 15 is 0 Å². The molecule has 0 aromatic heterocycles. The molecular formula is C26H26N2O7S. The molecule has 4 rings (SSSR count). The number of ether oxygens (including phenoxy) is 3. The molecule has 9 nitrogen and oxygen atoms in total. The van der Waals surface area contributed by atoms with Gasteiger partial charge in [0.2, 0.25) is 16.1 Å². The van der Waals surface area contributed by atoms with Crippen LogP contribution >= 0.6 is 0 Å². The zero-order valence-electron chi connectivity index (χ0n) is 19.8. The molecule has 0 fully saturated rings. The van der Waals surface area contributed by atoms with Crippen molar-refractivity contribution in [2.45, 2.75) is 24.5 Å². The lowest BCUT2D eigenvalue weighted by Crippen LogP contribution is -2.48. The number of benzene rings is 3. The summed E-state index contributed by atoms with van der Waals surface area (Å²) >= 11 is 0. The maximum absolute atomic E-state index is 13.0. The predicted molar refractivity (Wildman–Crippen MR) is 132 cm³/mol. The highest BCUT2D eigenvalue weighted by atomic mass is 32.2. The van der Waals surface area contributed by atoms with Gasteiger partial charge in [-0.2, -0.15) is 0 Å². The smallest absolute Gasteiger partial charge is 0.348 e. The van der Waals surface area contributed by atoms with Crippen molar-refractivity contribution in [1.82, 2.24) is 4.72 Å². The van der Waals surface area contributed by atoms with Gasteiger partial charge in [0.05, 0.1) is 24.2 Å². The van der Waals surface area contributed by atoms with Crippen LogP contribution in [0.2, 0.25) is 0 Å². The largest absolute Gasteiger partial charge is 0.483 e. The van der Waals surface area contributed by atoms with Crippen molar-refractivity contribution < 1.29 is 32.2 Å². The fraction of sp³-hybridized carbons (Fsp3) is 0.231. The highest BCUT2D eigenvalue weighted by Crippen LogP contribution is 2.33. The third-order valence-corrected chi connectivity index (χ3v) is 7.05. The van der Waals surface area contributed by atoms with Gasteiger partial charge in [0.25, 0.3) is 5.91 Å². The molecule has 0 saturated heterocycles. The third kappa shape index (κ3) is 5.67. The molecular weight excluding hydrogens is 484 g/mol. The first-order chi connectivity index (χ1) is 17.3. The summed E-state index contributed by atoms with van der Waals surface area (Å²) < 4.78 is 44.2. The average molecular weight is 511 g/mol. The normalized spacial score (nSPS) is 14.9. The Balaban J connectivity index is 1.43. The van der Waals surface area contributed by atoms with E-state index in [1.807, 2.05) is 30.3 Å². The molecule has 188 valence electrons. The maximum Gasteiger partial charge on any atom is 0.348 e. The number of carbonyl (C=O) groups excluding carboxylic acids is 2. The summed E-state index contributed by atoms with van der Waals surface area (Å²) in [6, 6.07) is 20.5. The number of nitrogens with one attached hydrogen (secondary N) is 1. The Hall–Kier alpha value is -3.89. The summed E-state index contributed by atoms with van der Waals surface area (Å²) in [6.07, 6.45) is -0.955. The van der Waals surface area contributed by atoms with Crippen molar-refractivity contribution in [2.24, 2.45) is 0 Å². The Bertz CT molecular complexity index is 1360. The van der Waals surface area contributed by atoms with Crippen molar-refractivity contribution in [1.29, 1.82) is 0 Å². The van der Waals surface area contributed by atoms with E-state index < -0.39 is 22.1 Å². The molecule has 10 heteroatoms. The zero-order valence-corrected chi connectivity index (χ0v) is 20.7. The van der Waals surface area contributed by atoms with Gasteiger partial charge < -0.3 is 19.1 Å². The van der Waals surface area contributed by atoms with Gasteiger partial charge in [0.15, 0.2) is 6.61 Å². The van der Waals surface area contributed by atoms with Gasteiger partial charge in [-0.25, -0.2) is 17.9 Å². The number of nitrogens with zero attached hydrogens (tertiary/aromatic N) is 1. The second-order valence-electron chi connectivity index (χ2n) is 8.13. The standard InChI is InChI=1S/C26H26N2O7S/c1-18-14-20(36(31,32)27-15-19-8-4-3-5-9-19)12-13-22(18)34-17-25(29)28-16-24(26(30)33-2)35-23-11-7-6-10-21(23)28/h3-14,24,27H,15-17H2,1-2H3/t24-/m0/s1. The first-order valence-electron chi connectivity index (χ1n) is 11.2. The number of methoxy groups -OCH3 is 1. The highest BCUT2D eigenvalue weighted by Gasteiger charge is 2.34. The molecule has 1 heterocycles. The molecule has 36 heavy (non-hydrogen) atoms. The van der Waals surface area contributed by atoms with Gasteiger partial charge >= 0.3 is 5.97 Å². The second kappa shape index (κ2) is 10.8. The van der Waals surface area contributed by atoms with Crippen LogP contribution in [-0.4, -0.2) is 46.7 Å². The van der Waals surface area contributed by atoms with Crippen LogP contribution in [0.3, 0.4) is 0 Å². The van der Waals surface area contributed by atoms with E-state index in [2.05, 4.69) is 4.72 Å². The quantitative estimate of drug-likeness (QED) is 0.464. The zero-order chi connectivity index (χ0) is 25.7. The Kier molecular flexibility index (Phi) is 7.56. The first-order valence-corrected chi connectivity index (χ1v) is 12.7. The van der Waals surface area contributed by atoms with E-state index in [1.165, 1.54) is 30.2 Å². The molecule has 0 radical (unpaired) electrons. The van der Waals surface area contributed by atoms with Crippen molar-refractivity contribution in [2.75, 3.05) is 25.2 Å². The number of sulfonamides is 1. The van der Waals surface area contributed by atoms with Gasteiger partial charge in [-0.05, 0) is 48.4 Å². The van der Waals surface area contributed by atoms with E-state index in [0.29, 0.717) is 22.7 Å². The van der Waals surface area contributed by atoms with Gasteiger partial charge in [-0.3, -0.25) is 4.79 Å². The lowest BCUT2D eigenvalue weighted by Gasteiger charge is -2.33. The van der Waals surface area contributed by atoms with E-state index in [0.717, 1.165) is 5.56 Å². The molecule has 1 N–H and O–H groups in total. The summed E-state index contributed by atoms with van der Waals surface area (Å²) in [6.45, 7) is 1.53. The van der Waals surface area contributed by atoms with Gasteiger partial charge in [0.1, 0.15) is 11.5 Å². The molecule has 0 spiro atoms. The second-order valence-corrected chi connectivity index (χ2v) is 9.89. The van der Waals surface area contributed by atoms with Gasteiger partial charge in [-0.1, -0.05) is 42.5 Å². The van der Waals surface area contributed by atoms with Gasteiger partial charge in [-0.15, -0.1) is 0 Å². The minimum absolute atomic E-state index is 0.0187. The van der Waals surface area contributed by atoms with Crippen molar-refractivity contribution >= 4 is 27.6 Å². The summed E-state index contributed by atoms with van der Waals surface area (Å²) in [5.74, 6) is -0.213. The molecule has 1 aliphatic rings. The third-order valence-electron chi connectivity index (χ3n) is 5.66. The molecule has 0 unspecified atom stereocenters. The molecule has 0 saturated carbocycles. The number of aryl methyl sites for hydroxylation is 1. The predicted octanol–water partition coefficient (Wildman–Crippen LogP) is 2.82. The first kappa shape index (κ1) is 25.2. The highest BCUT2D eigenvalue weighted by molar-refractivity contribution is 7.89. The Morgan fingerprint density at radius 1 is 1.06 bits per heavy atom. The topological polar surface area (TPSA) is 111 Å². The van der Waals surface area contributed by atoms with E-state index in [9.17, 15) is 18.0 Å². The Morgan fingerprint density at radius 2 is 1.78 bits per heavy atom. The summed E-state index contributed by atoms with van der Waals surface area (Å²) in [5.41, 5.74) is 1.92. The van der Waals surface area contributed by atoms with Crippen LogP contribution in [0.4, 0.5) is 5.69 Å². The number of hydrogen-bond donors (Lipinski definition) is 1. The molecule has 3 aromatic carbocycles. The number of rotatable bonds is 8.